The lowest BCUT2D eigenvalue weighted by molar-refractivity contribution is 0.0388. The lowest BCUT2D eigenvalue weighted by Crippen LogP contribution is -2.43. The van der Waals surface area contributed by atoms with E-state index in [1.807, 2.05) is 45.0 Å². The summed E-state index contributed by atoms with van der Waals surface area (Å²) in [6, 6.07) is 14.1. The van der Waals surface area contributed by atoms with E-state index in [0.29, 0.717) is 17.9 Å². The van der Waals surface area contributed by atoms with Gasteiger partial charge in [-0.1, -0.05) is 36.4 Å². The Kier molecular flexibility index (Phi) is 7.56. The summed E-state index contributed by atoms with van der Waals surface area (Å²) in [6.45, 7) is 10.3. The van der Waals surface area contributed by atoms with Crippen molar-refractivity contribution in [3.05, 3.63) is 71.8 Å². The first-order chi connectivity index (χ1) is 13.7. The van der Waals surface area contributed by atoms with E-state index in [2.05, 4.69) is 17.2 Å². The Morgan fingerprint density at radius 2 is 1.55 bits per heavy atom. The van der Waals surface area contributed by atoms with Gasteiger partial charge >= 0.3 is 12.0 Å². The molecule has 154 valence electrons. The number of benzene rings is 2. The van der Waals surface area contributed by atoms with Crippen LogP contribution in [0.1, 0.15) is 42.3 Å². The van der Waals surface area contributed by atoms with E-state index in [-0.39, 0.29) is 12.6 Å². The summed E-state index contributed by atoms with van der Waals surface area (Å²) in [5.74, 6) is -0.433. The Labute approximate surface area is 171 Å². The molecule has 29 heavy (non-hydrogen) atoms. The Balaban J connectivity index is 1.95. The van der Waals surface area contributed by atoms with Crippen LogP contribution in [0, 0.1) is 0 Å². The second kappa shape index (κ2) is 9.89. The Morgan fingerprint density at radius 1 is 0.966 bits per heavy atom. The molecule has 0 aliphatic heterocycles. The molecule has 2 N–H and O–H groups in total. The van der Waals surface area contributed by atoms with Crippen molar-refractivity contribution in [1.82, 2.24) is 5.32 Å². The Hall–Kier alpha value is -3.12. The summed E-state index contributed by atoms with van der Waals surface area (Å²) in [4.78, 5) is 24.3. The van der Waals surface area contributed by atoms with Crippen LogP contribution in [0.25, 0.3) is 5.57 Å². The summed E-state index contributed by atoms with van der Waals surface area (Å²) in [7, 11) is 1.54. The fourth-order valence-corrected chi connectivity index (χ4v) is 2.68. The molecule has 0 heterocycles. The summed E-state index contributed by atoms with van der Waals surface area (Å²) >= 11 is 0. The van der Waals surface area contributed by atoms with Crippen LogP contribution in [0.4, 0.5) is 10.5 Å². The number of anilines is 1. The number of carbonyl (C=O) groups excluding carboxylic acids is 2. The Bertz CT molecular complexity index is 855. The molecule has 0 aliphatic carbocycles. The number of ether oxygens (including phenoxy) is 2. The van der Waals surface area contributed by atoms with Crippen LogP contribution in [-0.4, -0.2) is 32.3 Å². The second-order valence-electron chi connectivity index (χ2n) is 7.27. The maximum absolute atomic E-state index is 12.4. The van der Waals surface area contributed by atoms with Gasteiger partial charge in [0.15, 0.2) is 0 Å². The molecule has 0 unspecified atom stereocenters. The Morgan fingerprint density at radius 3 is 2.10 bits per heavy atom. The monoisotopic (exact) mass is 396 g/mol. The fraction of sp³-hybridized carbons (Fsp3) is 0.304. The molecule has 2 amide bonds. The minimum absolute atomic E-state index is 0.195. The average molecular weight is 396 g/mol. The van der Waals surface area contributed by atoms with E-state index in [9.17, 15) is 9.59 Å². The predicted octanol–water partition coefficient (Wildman–Crippen LogP) is 4.58. The van der Waals surface area contributed by atoms with Crippen molar-refractivity contribution < 1.29 is 19.1 Å². The molecule has 6 nitrogen and oxygen atoms in total. The van der Waals surface area contributed by atoms with Crippen LogP contribution in [-0.2, 0) is 15.0 Å². The highest BCUT2D eigenvalue weighted by molar-refractivity contribution is 5.92. The zero-order valence-electron chi connectivity index (χ0n) is 17.4. The largest absolute Gasteiger partial charge is 0.460 e. The maximum Gasteiger partial charge on any atom is 0.338 e. The molecule has 0 fully saturated rings. The molecular formula is C23H28N2O4. The number of methoxy groups -OCH3 is 1. The first kappa shape index (κ1) is 22.2. The van der Waals surface area contributed by atoms with Crippen molar-refractivity contribution in [2.75, 3.05) is 25.6 Å². The number of amides is 2. The molecule has 0 spiro atoms. The first-order valence-electron chi connectivity index (χ1n) is 9.34. The SMILES string of the molecule is C=C(C)c1ccc(C(C)(C)NC(=O)Nc2ccc(C(=O)OCCOC)cc2)cc1. The highest BCUT2D eigenvalue weighted by atomic mass is 16.6. The molecule has 0 saturated carbocycles. The zero-order chi connectivity index (χ0) is 21.4. The summed E-state index contributed by atoms with van der Waals surface area (Å²) in [5, 5.41) is 5.74. The van der Waals surface area contributed by atoms with E-state index in [4.69, 9.17) is 9.47 Å². The minimum Gasteiger partial charge on any atom is -0.460 e. The van der Waals surface area contributed by atoms with E-state index < -0.39 is 11.5 Å². The van der Waals surface area contributed by atoms with Gasteiger partial charge in [-0.2, -0.15) is 0 Å². The van der Waals surface area contributed by atoms with Gasteiger partial charge in [-0.15, -0.1) is 0 Å². The number of esters is 1. The van der Waals surface area contributed by atoms with Crippen molar-refractivity contribution >= 4 is 23.3 Å². The molecule has 2 aromatic carbocycles. The molecule has 0 aromatic heterocycles. The van der Waals surface area contributed by atoms with Gasteiger partial charge in [0.2, 0.25) is 0 Å². The number of carbonyl (C=O) groups is 2. The van der Waals surface area contributed by atoms with Crippen molar-refractivity contribution in [1.29, 1.82) is 0 Å². The number of hydrogen-bond donors (Lipinski definition) is 2. The molecule has 0 bridgehead atoms. The average Bonchev–Trinajstić information content (AvgIpc) is 2.68. The van der Waals surface area contributed by atoms with Gasteiger partial charge in [-0.3, -0.25) is 0 Å². The van der Waals surface area contributed by atoms with Crippen LogP contribution >= 0.6 is 0 Å². The van der Waals surface area contributed by atoms with E-state index >= 15 is 0 Å². The molecule has 0 atom stereocenters. The van der Waals surface area contributed by atoms with Gasteiger partial charge in [0.25, 0.3) is 0 Å². The standard InChI is InChI=1S/C23H28N2O4/c1-16(2)17-6-10-19(11-7-17)23(3,4)25-22(27)24-20-12-8-18(9-13-20)21(26)29-15-14-28-5/h6-13H,1,14-15H2,2-5H3,(H2,24,25,27). The minimum atomic E-state index is -0.567. The highest BCUT2D eigenvalue weighted by Crippen LogP contribution is 2.22. The molecule has 0 saturated heterocycles. The molecule has 2 aromatic rings. The van der Waals surface area contributed by atoms with E-state index in [1.165, 1.54) is 7.11 Å². The van der Waals surface area contributed by atoms with Crippen LogP contribution in [0.2, 0.25) is 0 Å². The summed E-state index contributed by atoms with van der Waals surface area (Å²) in [5.41, 5.74) is 3.45. The van der Waals surface area contributed by atoms with E-state index in [0.717, 1.165) is 16.7 Å². The normalized spacial score (nSPS) is 10.9. The number of hydrogen-bond acceptors (Lipinski definition) is 4. The van der Waals surface area contributed by atoms with Gasteiger partial charge < -0.3 is 20.1 Å². The third-order valence-electron chi connectivity index (χ3n) is 4.42. The van der Waals surface area contributed by atoms with Gasteiger partial charge in [-0.25, -0.2) is 9.59 Å². The number of urea groups is 1. The molecule has 6 heteroatoms. The van der Waals surface area contributed by atoms with Crippen molar-refractivity contribution in [3.8, 4) is 0 Å². The van der Waals surface area contributed by atoms with Crippen molar-refractivity contribution in [2.45, 2.75) is 26.3 Å². The number of nitrogens with one attached hydrogen (secondary N) is 2. The third-order valence-corrected chi connectivity index (χ3v) is 4.42. The fourth-order valence-electron chi connectivity index (χ4n) is 2.68. The molecule has 0 aliphatic rings. The lowest BCUT2D eigenvalue weighted by atomic mass is 9.93. The van der Waals surface area contributed by atoms with Gasteiger partial charge in [-0.05, 0) is 56.2 Å². The van der Waals surface area contributed by atoms with Gasteiger partial charge in [0.05, 0.1) is 17.7 Å². The number of rotatable bonds is 8. The summed E-state index contributed by atoms with van der Waals surface area (Å²) < 4.78 is 9.90. The van der Waals surface area contributed by atoms with Crippen molar-refractivity contribution in [3.63, 3.8) is 0 Å². The van der Waals surface area contributed by atoms with E-state index in [1.54, 1.807) is 24.3 Å². The quantitative estimate of drug-likeness (QED) is 0.506. The maximum atomic E-state index is 12.4. The van der Waals surface area contributed by atoms with Crippen LogP contribution in [0.15, 0.2) is 55.1 Å². The lowest BCUT2D eigenvalue weighted by Gasteiger charge is -2.27. The van der Waals surface area contributed by atoms with Crippen LogP contribution in [0.3, 0.4) is 0 Å². The highest BCUT2D eigenvalue weighted by Gasteiger charge is 2.23. The molecule has 2 rings (SSSR count). The van der Waals surface area contributed by atoms with Crippen molar-refractivity contribution in [2.24, 2.45) is 0 Å². The number of allylic oxidation sites excluding steroid dienone is 1. The first-order valence-corrected chi connectivity index (χ1v) is 9.34. The topological polar surface area (TPSA) is 76.7 Å². The van der Waals surface area contributed by atoms with Crippen LogP contribution in [0.5, 0.6) is 0 Å². The smallest absolute Gasteiger partial charge is 0.338 e. The molecular weight excluding hydrogens is 368 g/mol. The predicted molar refractivity (Wildman–Crippen MR) is 115 cm³/mol. The van der Waals surface area contributed by atoms with Crippen LogP contribution < -0.4 is 10.6 Å². The third kappa shape index (κ3) is 6.47. The van der Waals surface area contributed by atoms with Gasteiger partial charge in [0, 0.05) is 12.8 Å². The summed E-state index contributed by atoms with van der Waals surface area (Å²) in [6.07, 6.45) is 0. The zero-order valence-corrected chi connectivity index (χ0v) is 17.4. The van der Waals surface area contributed by atoms with Gasteiger partial charge in [0.1, 0.15) is 6.61 Å². The second-order valence-corrected chi connectivity index (χ2v) is 7.27. The molecule has 0 radical (unpaired) electrons.